The highest BCUT2D eigenvalue weighted by molar-refractivity contribution is 5.94. The Balaban J connectivity index is 1.57. The lowest BCUT2D eigenvalue weighted by Gasteiger charge is -2.07. The smallest absolute Gasteiger partial charge is 0.251 e. The first-order valence-electron chi connectivity index (χ1n) is 8.47. The van der Waals surface area contributed by atoms with Gasteiger partial charge in [0.25, 0.3) is 5.91 Å². The second-order valence-electron chi connectivity index (χ2n) is 6.57. The first-order valence-corrected chi connectivity index (χ1v) is 8.47. The van der Waals surface area contributed by atoms with Crippen molar-refractivity contribution in [2.24, 2.45) is 0 Å². The highest BCUT2D eigenvalue weighted by atomic mass is 16.3. The minimum Gasteiger partial charge on any atom is -0.378 e. The molecule has 1 aromatic carbocycles. The zero-order valence-electron chi connectivity index (χ0n) is 14.9. The fourth-order valence-corrected chi connectivity index (χ4v) is 2.51. The quantitative estimate of drug-likeness (QED) is 0.713. The van der Waals surface area contributed by atoms with Crippen molar-refractivity contribution >= 4 is 11.6 Å². The van der Waals surface area contributed by atoms with E-state index in [4.69, 9.17) is 0 Å². The summed E-state index contributed by atoms with van der Waals surface area (Å²) in [5, 5.41) is 12.5. The van der Waals surface area contributed by atoms with Crippen LogP contribution in [0.2, 0.25) is 0 Å². The summed E-state index contributed by atoms with van der Waals surface area (Å²) in [5.74, 6) is 5.51. The number of aliphatic hydroxyl groups is 1. The number of nitrogens with zero attached hydrogens (tertiary/aromatic N) is 2. The minimum atomic E-state index is -1.03. The molecule has 0 aliphatic carbocycles. The molecule has 2 heterocycles. The summed E-state index contributed by atoms with van der Waals surface area (Å²) in [6.45, 7) is 3.79. The topological polar surface area (TPSA) is 66.6 Å². The summed E-state index contributed by atoms with van der Waals surface area (Å²) in [4.78, 5) is 16.6. The first kappa shape index (κ1) is 17.7. The standard InChI is InChI=1S/C21H21N3O2/c1-21(2,26)12-10-16-6-8-17(9-7-16)20(25)22-13-11-18-15-23-19-5-3-4-14-24(18)19/h3-9,14-15,26H,11,13H2,1-2H3,(H,22,25). The molecule has 26 heavy (non-hydrogen) atoms. The fourth-order valence-electron chi connectivity index (χ4n) is 2.51. The van der Waals surface area contributed by atoms with E-state index in [9.17, 15) is 9.90 Å². The second kappa shape index (κ2) is 7.42. The van der Waals surface area contributed by atoms with Gasteiger partial charge in [-0.3, -0.25) is 4.79 Å². The lowest BCUT2D eigenvalue weighted by atomic mass is 10.1. The van der Waals surface area contributed by atoms with Crippen LogP contribution in [0, 0.1) is 11.8 Å². The summed E-state index contributed by atoms with van der Waals surface area (Å²) < 4.78 is 2.02. The van der Waals surface area contributed by atoms with Crippen LogP contribution in [0.3, 0.4) is 0 Å². The number of carbonyl (C=O) groups is 1. The number of hydrogen-bond donors (Lipinski definition) is 2. The number of benzene rings is 1. The van der Waals surface area contributed by atoms with E-state index in [1.165, 1.54) is 0 Å². The third-order valence-corrected chi connectivity index (χ3v) is 3.82. The van der Waals surface area contributed by atoms with Crippen LogP contribution in [0.25, 0.3) is 5.65 Å². The lowest BCUT2D eigenvalue weighted by molar-refractivity contribution is 0.0954. The number of carbonyl (C=O) groups excluding carboxylic acids is 1. The molecule has 0 saturated heterocycles. The van der Waals surface area contributed by atoms with E-state index in [1.54, 1.807) is 38.1 Å². The molecule has 0 bridgehead atoms. The van der Waals surface area contributed by atoms with E-state index in [2.05, 4.69) is 22.1 Å². The van der Waals surface area contributed by atoms with Crippen LogP contribution in [0.5, 0.6) is 0 Å². The molecular weight excluding hydrogens is 326 g/mol. The van der Waals surface area contributed by atoms with Gasteiger partial charge in [-0.05, 0) is 50.2 Å². The molecular formula is C21H21N3O2. The van der Waals surface area contributed by atoms with Gasteiger partial charge in [-0.25, -0.2) is 4.98 Å². The predicted molar refractivity (Wildman–Crippen MR) is 101 cm³/mol. The molecule has 5 nitrogen and oxygen atoms in total. The number of fused-ring (bicyclic) bond motifs is 1. The third-order valence-electron chi connectivity index (χ3n) is 3.82. The molecule has 1 amide bonds. The number of hydrogen-bond acceptors (Lipinski definition) is 3. The van der Waals surface area contributed by atoms with E-state index in [0.717, 1.165) is 16.9 Å². The average molecular weight is 347 g/mol. The molecule has 3 aromatic rings. The Morgan fingerprint density at radius 2 is 2.00 bits per heavy atom. The van der Waals surface area contributed by atoms with E-state index in [1.807, 2.05) is 35.0 Å². The van der Waals surface area contributed by atoms with Crippen LogP contribution in [-0.4, -0.2) is 32.5 Å². The molecule has 2 N–H and O–H groups in total. The summed E-state index contributed by atoms with van der Waals surface area (Å²) in [5.41, 5.74) is 2.26. The van der Waals surface area contributed by atoms with E-state index >= 15 is 0 Å². The van der Waals surface area contributed by atoms with Crippen LogP contribution in [0.1, 0.15) is 35.5 Å². The Kier molecular flexibility index (Phi) is 5.06. The molecule has 0 unspecified atom stereocenters. The zero-order valence-corrected chi connectivity index (χ0v) is 14.9. The summed E-state index contributed by atoms with van der Waals surface area (Å²) in [6.07, 6.45) is 4.50. The highest BCUT2D eigenvalue weighted by Gasteiger charge is 2.08. The Hall–Kier alpha value is -3.10. The Morgan fingerprint density at radius 1 is 1.23 bits per heavy atom. The molecule has 0 fully saturated rings. The molecule has 0 aliphatic rings. The maximum Gasteiger partial charge on any atom is 0.251 e. The van der Waals surface area contributed by atoms with Gasteiger partial charge in [0.15, 0.2) is 0 Å². The molecule has 5 heteroatoms. The van der Waals surface area contributed by atoms with Crippen LogP contribution < -0.4 is 5.32 Å². The SMILES string of the molecule is CC(C)(O)C#Cc1ccc(C(=O)NCCc2cnc3ccccn23)cc1. The molecule has 2 aromatic heterocycles. The number of imidazole rings is 1. The van der Waals surface area contributed by atoms with Crippen LogP contribution >= 0.6 is 0 Å². The van der Waals surface area contributed by atoms with Gasteiger partial charge < -0.3 is 14.8 Å². The molecule has 3 rings (SSSR count). The van der Waals surface area contributed by atoms with Crippen LogP contribution in [0.15, 0.2) is 54.9 Å². The first-order chi connectivity index (χ1) is 12.4. The molecule has 132 valence electrons. The second-order valence-corrected chi connectivity index (χ2v) is 6.57. The maximum absolute atomic E-state index is 12.3. The largest absolute Gasteiger partial charge is 0.378 e. The van der Waals surface area contributed by atoms with Gasteiger partial charge in [-0.2, -0.15) is 0 Å². The van der Waals surface area contributed by atoms with E-state index in [-0.39, 0.29) is 5.91 Å². The summed E-state index contributed by atoms with van der Waals surface area (Å²) in [7, 11) is 0. The van der Waals surface area contributed by atoms with Crippen molar-refractivity contribution in [1.82, 2.24) is 14.7 Å². The average Bonchev–Trinajstić information content (AvgIpc) is 3.03. The van der Waals surface area contributed by atoms with Gasteiger partial charge in [0.1, 0.15) is 11.2 Å². The van der Waals surface area contributed by atoms with Gasteiger partial charge in [0.05, 0.1) is 0 Å². The Morgan fingerprint density at radius 3 is 2.73 bits per heavy atom. The number of aromatic nitrogens is 2. The molecule has 0 radical (unpaired) electrons. The van der Waals surface area contributed by atoms with Gasteiger partial charge in [-0.15, -0.1) is 0 Å². The number of amides is 1. The molecule has 0 aliphatic heterocycles. The van der Waals surface area contributed by atoms with Gasteiger partial charge in [0, 0.05) is 42.2 Å². The van der Waals surface area contributed by atoms with Crippen LogP contribution in [0.4, 0.5) is 0 Å². The van der Waals surface area contributed by atoms with Gasteiger partial charge in [-0.1, -0.05) is 17.9 Å². The molecule has 0 atom stereocenters. The number of nitrogens with one attached hydrogen (secondary N) is 1. The fraction of sp³-hybridized carbons (Fsp3) is 0.238. The van der Waals surface area contributed by atoms with Gasteiger partial charge >= 0.3 is 0 Å². The van der Waals surface area contributed by atoms with Crippen LogP contribution in [-0.2, 0) is 6.42 Å². The van der Waals surface area contributed by atoms with Crippen molar-refractivity contribution in [3.63, 3.8) is 0 Å². The van der Waals surface area contributed by atoms with Crippen molar-refractivity contribution in [2.75, 3.05) is 6.54 Å². The van der Waals surface area contributed by atoms with Crippen molar-refractivity contribution in [3.05, 3.63) is 71.7 Å². The monoisotopic (exact) mass is 347 g/mol. The number of rotatable bonds is 4. The van der Waals surface area contributed by atoms with Gasteiger partial charge in [0.2, 0.25) is 0 Å². The van der Waals surface area contributed by atoms with Crippen molar-refractivity contribution in [3.8, 4) is 11.8 Å². The van der Waals surface area contributed by atoms with Crippen molar-refractivity contribution < 1.29 is 9.90 Å². The Labute approximate surface area is 152 Å². The highest BCUT2D eigenvalue weighted by Crippen LogP contribution is 2.07. The van der Waals surface area contributed by atoms with Crippen molar-refractivity contribution in [2.45, 2.75) is 25.9 Å². The zero-order chi connectivity index (χ0) is 18.6. The van der Waals surface area contributed by atoms with E-state index < -0.39 is 5.60 Å². The predicted octanol–water partition coefficient (Wildman–Crippen LogP) is 2.43. The van der Waals surface area contributed by atoms with E-state index in [0.29, 0.717) is 18.5 Å². The lowest BCUT2D eigenvalue weighted by Crippen LogP contribution is -2.25. The minimum absolute atomic E-state index is 0.124. The normalized spacial score (nSPS) is 11.0. The number of pyridine rings is 1. The summed E-state index contributed by atoms with van der Waals surface area (Å²) in [6, 6.07) is 12.9. The van der Waals surface area contributed by atoms with Crippen molar-refractivity contribution in [1.29, 1.82) is 0 Å². The maximum atomic E-state index is 12.3. The Bertz CT molecular complexity index is 970. The summed E-state index contributed by atoms with van der Waals surface area (Å²) >= 11 is 0. The molecule has 0 spiro atoms. The molecule has 0 saturated carbocycles. The third kappa shape index (κ3) is 4.50.